The topological polar surface area (TPSA) is 79.5 Å². The van der Waals surface area contributed by atoms with E-state index in [9.17, 15) is 4.79 Å². The van der Waals surface area contributed by atoms with E-state index in [0.29, 0.717) is 23.9 Å². The quantitative estimate of drug-likeness (QED) is 0.572. The predicted molar refractivity (Wildman–Crippen MR) is 75.0 cm³/mol. The molecule has 1 rings (SSSR count). The van der Waals surface area contributed by atoms with Gasteiger partial charge in [0.25, 0.3) is 0 Å². The Morgan fingerprint density at radius 2 is 2.22 bits per heavy atom. The van der Waals surface area contributed by atoms with E-state index in [1.54, 1.807) is 19.2 Å². The van der Waals surface area contributed by atoms with Gasteiger partial charge in [0.2, 0.25) is 5.91 Å². The first-order valence-corrected chi connectivity index (χ1v) is 5.93. The molecule has 0 spiro atoms. The number of carbonyl (C=O) groups excluding carboxylic acids is 1. The summed E-state index contributed by atoms with van der Waals surface area (Å²) in [6, 6.07) is 5.39. The van der Waals surface area contributed by atoms with Gasteiger partial charge in [0.15, 0.2) is 5.96 Å². The molecule has 1 aromatic rings. The summed E-state index contributed by atoms with van der Waals surface area (Å²) in [6.45, 7) is 2.30. The van der Waals surface area contributed by atoms with E-state index in [1.807, 2.05) is 13.0 Å². The lowest BCUT2D eigenvalue weighted by molar-refractivity contribution is -0.116. The molecule has 1 amide bonds. The fourth-order valence-electron chi connectivity index (χ4n) is 1.34. The normalized spacial score (nSPS) is 11.2. The largest absolute Gasteiger partial charge is 0.370 e. The van der Waals surface area contributed by atoms with E-state index in [0.717, 1.165) is 11.3 Å². The lowest BCUT2D eigenvalue weighted by Crippen LogP contribution is -2.33. The Morgan fingerprint density at radius 3 is 2.89 bits per heavy atom. The van der Waals surface area contributed by atoms with Gasteiger partial charge in [0, 0.05) is 30.7 Å². The van der Waals surface area contributed by atoms with E-state index >= 15 is 0 Å². The second kappa shape index (κ2) is 6.86. The number of nitrogens with zero attached hydrogens (tertiary/aromatic N) is 1. The summed E-state index contributed by atoms with van der Waals surface area (Å²) in [6.07, 6.45) is 0.308. The second-order valence-corrected chi connectivity index (χ2v) is 4.15. The lowest BCUT2D eigenvalue weighted by Gasteiger charge is -2.10. The van der Waals surface area contributed by atoms with Crippen LogP contribution in [-0.4, -0.2) is 25.5 Å². The highest BCUT2D eigenvalue weighted by molar-refractivity contribution is 6.31. The van der Waals surface area contributed by atoms with Gasteiger partial charge in [-0.25, -0.2) is 0 Å². The van der Waals surface area contributed by atoms with E-state index in [2.05, 4.69) is 15.6 Å². The Balaban J connectivity index is 2.47. The van der Waals surface area contributed by atoms with Crippen LogP contribution in [0, 0.1) is 6.92 Å². The number of hydrogen-bond acceptors (Lipinski definition) is 2. The Labute approximate surface area is 111 Å². The number of nitrogens with two attached hydrogens (primary N) is 1. The minimum Gasteiger partial charge on any atom is -0.370 e. The Hall–Kier alpha value is -1.75. The maximum absolute atomic E-state index is 11.7. The highest BCUT2D eigenvalue weighted by Crippen LogP contribution is 2.22. The summed E-state index contributed by atoms with van der Waals surface area (Å²) in [5, 5.41) is 6.25. The highest BCUT2D eigenvalue weighted by atomic mass is 35.5. The summed E-state index contributed by atoms with van der Waals surface area (Å²) in [5.74, 6) is 0.221. The molecule has 1 aromatic carbocycles. The van der Waals surface area contributed by atoms with Crippen LogP contribution in [0.1, 0.15) is 12.0 Å². The summed E-state index contributed by atoms with van der Waals surface area (Å²) in [7, 11) is 1.58. The highest BCUT2D eigenvalue weighted by Gasteiger charge is 2.06. The van der Waals surface area contributed by atoms with Crippen LogP contribution in [0.15, 0.2) is 23.2 Å². The fraction of sp³-hybridized carbons (Fsp3) is 0.333. The number of carbonyl (C=O) groups is 1. The van der Waals surface area contributed by atoms with Crippen molar-refractivity contribution in [3.63, 3.8) is 0 Å². The van der Waals surface area contributed by atoms with E-state index < -0.39 is 0 Å². The number of nitrogens with one attached hydrogen (secondary N) is 2. The average Bonchev–Trinajstić information content (AvgIpc) is 2.34. The molecule has 6 heteroatoms. The number of guanidine groups is 1. The molecular formula is C12H17ClN4O. The molecule has 0 aliphatic rings. The molecular weight excluding hydrogens is 252 g/mol. The van der Waals surface area contributed by atoms with Gasteiger partial charge < -0.3 is 16.4 Å². The second-order valence-electron chi connectivity index (χ2n) is 3.75. The van der Waals surface area contributed by atoms with E-state index in [1.165, 1.54) is 0 Å². The molecule has 0 unspecified atom stereocenters. The Morgan fingerprint density at radius 1 is 1.50 bits per heavy atom. The maximum atomic E-state index is 11.7. The van der Waals surface area contributed by atoms with Crippen molar-refractivity contribution in [2.75, 3.05) is 18.9 Å². The van der Waals surface area contributed by atoms with Crippen LogP contribution in [0.5, 0.6) is 0 Å². The zero-order chi connectivity index (χ0) is 13.5. The van der Waals surface area contributed by atoms with Gasteiger partial charge in [0.05, 0.1) is 0 Å². The molecule has 0 aliphatic heterocycles. The van der Waals surface area contributed by atoms with Crippen molar-refractivity contribution in [2.45, 2.75) is 13.3 Å². The first-order valence-electron chi connectivity index (χ1n) is 5.55. The minimum atomic E-state index is -0.100. The van der Waals surface area contributed by atoms with Crippen LogP contribution in [0.2, 0.25) is 5.02 Å². The standard InChI is InChI=1S/C12H17ClN4O/c1-8-9(13)4-3-5-10(8)17-11(18)6-7-16-12(14)15-2/h3-5H,6-7H2,1-2H3,(H,17,18)(H3,14,15,16). The molecule has 0 radical (unpaired) electrons. The molecule has 0 saturated heterocycles. The van der Waals surface area contributed by atoms with Gasteiger partial charge in [-0.05, 0) is 24.6 Å². The molecule has 0 aromatic heterocycles. The number of halogens is 1. The molecule has 0 atom stereocenters. The van der Waals surface area contributed by atoms with Gasteiger partial charge in [0.1, 0.15) is 0 Å². The van der Waals surface area contributed by atoms with E-state index in [-0.39, 0.29) is 5.91 Å². The molecule has 98 valence electrons. The number of anilines is 1. The number of hydrogen-bond donors (Lipinski definition) is 3. The first kappa shape index (κ1) is 14.3. The molecule has 0 bridgehead atoms. The van der Waals surface area contributed by atoms with Crippen LogP contribution in [0.3, 0.4) is 0 Å². The molecule has 5 nitrogen and oxygen atoms in total. The van der Waals surface area contributed by atoms with Crippen molar-refractivity contribution >= 4 is 29.2 Å². The van der Waals surface area contributed by atoms with Crippen molar-refractivity contribution in [1.82, 2.24) is 5.32 Å². The third kappa shape index (κ3) is 4.25. The number of amides is 1. The maximum Gasteiger partial charge on any atom is 0.226 e. The van der Waals surface area contributed by atoms with Crippen LogP contribution in [-0.2, 0) is 4.79 Å². The van der Waals surface area contributed by atoms with Gasteiger partial charge >= 0.3 is 0 Å². The molecule has 0 fully saturated rings. The Kier molecular flexibility index (Phi) is 5.45. The van der Waals surface area contributed by atoms with E-state index in [4.69, 9.17) is 17.3 Å². The van der Waals surface area contributed by atoms with Crippen LogP contribution in [0.25, 0.3) is 0 Å². The first-order chi connectivity index (χ1) is 8.54. The summed E-state index contributed by atoms with van der Waals surface area (Å²) >= 11 is 5.97. The molecule has 0 saturated carbocycles. The average molecular weight is 269 g/mol. The zero-order valence-electron chi connectivity index (χ0n) is 10.5. The SMILES string of the molecule is CN=C(N)NCCC(=O)Nc1cccc(Cl)c1C. The lowest BCUT2D eigenvalue weighted by atomic mass is 10.2. The van der Waals surface area contributed by atoms with Crippen molar-refractivity contribution in [1.29, 1.82) is 0 Å². The minimum absolute atomic E-state index is 0.100. The van der Waals surface area contributed by atoms with Gasteiger partial charge in [-0.1, -0.05) is 17.7 Å². The summed E-state index contributed by atoms with van der Waals surface area (Å²) in [5.41, 5.74) is 7.03. The van der Waals surface area contributed by atoms with Crippen molar-refractivity contribution in [3.05, 3.63) is 28.8 Å². The number of benzene rings is 1. The van der Waals surface area contributed by atoms with Crippen LogP contribution >= 0.6 is 11.6 Å². The third-order valence-corrected chi connectivity index (χ3v) is 2.85. The monoisotopic (exact) mass is 268 g/mol. The van der Waals surface area contributed by atoms with Crippen LogP contribution in [0.4, 0.5) is 5.69 Å². The molecule has 18 heavy (non-hydrogen) atoms. The van der Waals surface area contributed by atoms with Crippen molar-refractivity contribution in [2.24, 2.45) is 10.7 Å². The molecule has 4 N–H and O–H groups in total. The molecule has 0 aliphatic carbocycles. The van der Waals surface area contributed by atoms with Crippen molar-refractivity contribution in [3.8, 4) is 0 Å². The van der Waals surface area contributed by atoms with Crippen molar-refractivity contribution < 1.29 is 4.79 Å². The molecule has 0 heterocycles. The smallest absolute Gasteiger partial charge is 0.226 e. The number of aliphatic imine (C=N–C) groups is 1. The summed E-state index contributed by atoms with van der Waals surface area (Å²) in [4.78, 5) is 15.4. The zero-order valence-corrected chi connectivity index (χ0v) is 11.2. The third-order valence-electron chi connectivity index (χ3n) is 2.44. The van der Waals surface area contributed by atoms with Gasteiger partial charge in [-0.2, -0.15) is 0 Å². The van der Waals surface area contributed by atoms with Gasteiger partial charge in [-0.15, -0.1) is 0 Å². The predicted octanol–water partition coefficient (Wildman–Crippen LogP) is 1.51. The fourth-order valence-corrected chi connectivity index (χ4v) is 1.51. The van der Waals surface area contributed by atoms with Gasteiger partial charge in [-0.3, -0.25) is 9.79 Å². The van der Waals surface area contributed by atoms with Crippen LogP contribution < -0.4 is 16.4 Å². The summed E-state index contributed by atoms with van der Waals surface area (Å²) < 4.78 is 0. The number of rotatable bonds is 4. The Bertz CT molecular complexity index is 459.